The minimum absolute atomic E-state index is 0.0902. The van der Waals surface area contributed by atoms with Crippen LogP contribution in [0.25, 0.3) is 0 Å². The summed E-state index contributed by atoms with van der Waals surface area (Å²) in [5.74, 6) is 1.03. The van der Waals surface area contributed by atoms with E-state index in [4.69, 9.17) is 4.74 Å². The van der Waals surface area contributed by atoms with E-state index in [9.17, 15) is 4.79 Å². The third-order valence-electron chi connectivity index (χ3n) is 5.24. The lowest BCUT2D eigenvalue weighted by Gasteiger charge is -2.51. The first kappa shape index (κ1) is 15.3. The van der Waals surface area contributed by atoms with Crippen LogP contribution in [0.3, 0.4) is 0 Å². The Morgan fingerprint density at radius 2 is 2.23 bits per heavy atom. The fourth-order valence-corrected chi connectivity index (χ4v) is 4.04. The van der Waals surface area contributed by atoms with Gasteiger partial charge >= 0.3 is 0 Å². The number of benzene rings is 1. The van der Waals surface area contributed by atoms with Crippen LogP contribution in [-0.4, -0.2) is 42.6 Å². The summed E-state index contributed by atoms with van der Waals surface area (Å²) in [6.07, 6.45) is 4.93. The largest absolute Gasteiger partial charge is 0.496 e. The third-order valence-corrected chi connectivity index (χ3v) is 5.24. The van der Waals surface area contributed by atoms with Crippen molar-refractivity contribution in [3.63, 3.8) is 0 Å². The van der Waals surface area contributed by atoms with E-state index in [1.165, 1.54) is 0 Å². The number of piperidine rings is 2. The van der Waals surface area contributed by atoms with E-state index in [0.29, 0.717) is 12.5 Å². The van der Waals surface area contributed by atoms with Gasteiger partial charge in [0.15, 0.2) is 0 Å². The summed E-state index contributed by atoms with van der Waals surface area (Å²) >= 11 is 0. The Hall–Kier alpha value is -1.55. The first-order valence-electron chi connectivity index (χ1n) is 8.30. The Balaban J connectivity index is 1.76. The number of hydrogen-bond donors (Lipinski definition) is 1. The van der Waals surface area contributed by atoms with Crippen molar-refractivity contribution in [2.24, 2.45) is 0 Å². The highest BCUT2D eigenvalue weighted by molar-refractivity contribution is 5.80. The van der Waals surface area contributed by atoms with Crippen LogP contribution >= 0.6 is 0 Å². The maximum Gasteiger partial charge on any atom is 0.227 e. The normalized spacial score (nSPS) is 28.1. The van der Waals surface area contributed by atoms with Crippen LogP contribution in [-0.2, 0) is 11.2 Å². The number of ether oxygens (including phenoxy) is 1. The highest BCUT2D eigenvalue weighted by atomic mass is 16.5. The number of carbonyl (C=O) groups excluding carboxylic acids is 1. The molecular formula is C18H26N2O2. The van der Waals surface area contributed by atoms with Crippen molar-refractivity contribution in [2.45, 2.75) is 50.6 Å². The zero-order chi connectivity index (χ0) is 15.6. The Labute approximate surface area is 132 Å². The average Bonchev–Trinajstić information content (AvgIpc) is 2.54. The Morgan fingerprint density at radius 3 is 3.05 bits per heavy atom. The lowest BCUT2D eigenvalue weighted by Crippen LogP contribution is -2.66. The van der Waals surface area contributed by atoms with Crippen molar-refractivity contribution >= 4 is 5.91 Å². The molecule has 0 spiro atoms. The molecule has 1 aromatic rings. The smallest absolute Gasteiger partial charge is 0.227 e. The summed E-state index contributed by atoms with van der Waals surface area (Å²) in [4.78, 5) is 15.0. The molecule has 2 aliphatic heterocycles. The van der Waals surface area contributed by atoms with Crippen molar-refractivity contribution in [3.05, 3.63) is 29.8 Å². The van der Waals surface area contributed by atoms with Crippen LogP contribution in [0.2, 0.25) is 0 Å². The molecule has 1 N–H and O–H groups in total. The zero-order valence-corrected chi connectivity index (χ0v) is 13.6. The second-order valence-corrected chi connectivity index (χ2v) is 6.68. The van der Waals surface area contributed by atoms with Gasteiger partial charge in [-0.2, -0.15) is 0 Å². The Bertz CT molecular complexity index is 542. The molecule has 3 rings (SSSR count). The van der Waals surface area contributed by atoms with E-state index in [0.717, 1.165) is 50.1 Å². The molecule has 1 amide bonds. The van der Waals surface area contributed by atoms with Gasteiger partial charge < -0.3 is 15.0 Å². The van der Waals surface area contributed by atoms with Gasteiger partial charge in [-0.15, -0.1) is 0 Å². The van der Waals surface area contributed by atoms with Crippen LogP contribution in [0.5, 0.6) is 5.75 Å². The number of likely N-dealkylation sites (tertiary alicyclic amines) is 1. The second-order valence-electron chi connectivity index (χ2n) is 6.68. The number of methoxy groups -OCH3 is 1. The summed E-state index contributed by atoms with van der Waals surface area (Å²) in [7, 11) is 1.66. The zero-order valence-electron chi connectivity index (χ0n) is 13.6. The molecule has 2 atom stereocenters. The van der Waals surface area contributed by atoms with Crippen LogP contribution < -0.4 is 10.1 Å². The van der Waals surface area contributed by atoms with Crippen molar-refractivity contribution < 1.29 is 9.53 Å². The van der Waals surface area contributed by atoms with Gasteiger partial charge in [0.1, 0.15) is 5.75 Å². The van der Waals surface area contributed by atoms with Gasteiger partial charge in [-0.1, -0.05) is 18.2 Å². The predicted octanol–water partition coefficient (Wildman–Crippen LogP) is 2.37. The molecule has 4 nitrogen and oxygen atoms in total. The minimum atomic E-state index is 0.0902. The summed E-state index contributed by atoms with van der Waals surface area (Å²) in [5, 5.41) is 3.65. The summed E-state index contributed by atoms with van der Waals surface area (Å²) in [6, 6.07) is 8.14. The van der Waals surface area contributed by atoms with Crippen LogP contribution in [0.1, 0.15) is 38.2 Å². The van der Waals surface area contributed by atoms with Gasteiger partial charge in [-0.05, 0) is 45.2 Å². The number of carbonyl (C=O) groups is 1. The molecule has 0 saturated carbocycles. The number of para-hydroxylation sites is 1. The van der Waals surface area contributed by atoms with Gasteiger partial charge in [0, 0.05) is 23.7 Å². The van der Waals surface area contributed by atoms with E-state index >= 15 is 0 Å². The molecule has 0 aromatic heterocycles. The van der Waals surface area contributed by atoms with Crippen molar-refractivity contribution in [2.75, 3.05) is 20.2 Å². The first-order valence-corrected chi connectivity index (χ1v) is 8.30. The summed E-state index contributed by atoms with van der Waals surface area (Å²) < 4.78 is 5.38. The van der Waals surface area contributed by atoms with Gasteiger partial charge in [-0.25, -0.2) is 0 Å². The molecule has 0 bridgehead atoms. The fourth-order valence-electron chi connectivity index (χ4n) is 4.04. The van der Waals surface area contributed by atoms with Crippen LogP contribution in [0.4, 0.5) is 0 Å². The summed E-state index contributed by atoms with van der Waals surface area (Å²) in [5.41, 5.74) is 1.07. The molecule has 0 radical (unpaired) electrons. The molecule has 2 aliphatic rings. The highest BCUT2D eigenvalue weighted by Crippen LogP contribution is 2.33. The molecule has 120 valence electrons. The van der Waals surface area contributed by atoms with E-state index in [1.54, 1.807) is 7.11 Å². The number of amides is 1. The predicted molar refractivity (Wildman–Crippen MR) is 87.1 cm³/mol. The SMILES string of the molecule is COc1ccccc1CC(=O)N1CCC[C@]2(C)NCCC[C@@H]12. The fraction of sp³-hybridized carbons (Fsp3) is 0.611. The molecule has 22 heavy (non-hydrogen) atoms. The molecular weight excluding hydrogens is 276 g/mol. The monoisotopic (exact) mass is 302 g/mol. The van der Waals surface area contributed by atoms with Crippen LogP contribution in [0, 0.1) is 0 Å². The van der Waals surface area contributed by atoms with Crippen LogP contribution in [0.15, 0.2) is 24.3 Å². The van der Waals surface area contributed by atoms with Gasteiger partial charge in [0.25, 0.3) is 0 Å². The van der Waals surface area contributed by atoms with Crippen molar-refractivity contribution in [1.82, 2.24) is 10.2 Å². The van der Waals surface area contributed by atoms with E-state index in [-0.39, 0.29) is 11.4 Å². The molecule has 1 aromatic carbocycles. The van der Waals surface area contributed by atoms with E-state index in [2.05, 4.69) is 17.1 Å². The van der Waals surface area contributed by atoms with Gasteiger partial charge in [0.05, 0.1) is 13.5 Å². The van der Waals surface area contributed by atoms with Gasteiger partial charge in [-0.3, -0.25) is 4.79 Å². The average molecular weight is 302 g/mol. The lowest BCUT2D eigenvalue weighted by atomic mass is 9.77. The maximum absolute atomic E-state index is 12.9. The molecule has 0 unspecified atom stereocenters. The lowest BCUT2D eigenvalue weighted by molar-refractivity contribution is -0.137. The summed E-state index contributed by atoms with van der Waals surface area (Å²) in [6.45, 7) is 4.23. The molecule has 2 fully saturated rings. The molecule has 2 saturated heterocycles. The Kier molecular flexibility index (Phi) is 4.39. The molecule has 4 heteroatoms. The third kappa shape index (κ3) is 2.84. The number of rotatable bonds is 3. The quantitative estimate of drug-likeness (QED) is 0.932. The number of nitrogens with zero attached hydrogens (tertiary/aromatic N) is 1. The highest BCUT2D eigenvalue weighted by Gasteiger charge is 2.43. The second kappa shape index (κ2) is 6.29. The number of hydrogen-bond acceptors (Lipinski definition) is 3. The topological polar surface area (TPSA) is 41.6 Å². The molecule has 0 aliphatic carbocycles. The standard InChI is InChI=1S/C18H26N2O2/c1-18-10-6-12-20(16(18)9-5-11-19-18)17(21)13-14-7-3-4-8-15(14)22-2/h3-4,7-8,16,19H,5-6,9-13H2,1-2H3/t16-,18+/m1/s1. The van der Waals surface area contributed by atoms with E-state index in [1.807, 2.05) is 24.3 Å². The van der Waals surface area contributed by atoms with E-state index < -0.39 is 0 Å². The number of nitrogens with one attached hydrogen (secondary N) is 1. The van der Waals surface area contributed by atoms with Gasteiger partial charge in [0.2, 0.25) is 5.91 Å². The molecule has 2 heterocycles. The minimum Gasteiger partial charge on any atom is -0.496 e. The maximum atomic E-state index is 12.9. The number of fused-ring (bicyclic) bond motifs is 1. The van der Waals surface area contributed by atoms with Crippen molar-refractivity contribution in [1.29, 1.82) is 0 Å². The Morgan fingerprint density at radius 1 is 1.41 bits per heavy atom. The van der Waals surface area contributed by atoms with Crippen molar-refractivity contribution in [3.8, 4) is 5.75 Å². The first-order chi connectivity index (χ1) is 10.6.